The van der Waals surface area contributed by atoms with Crippen LogP contribution in [0.3, 0.4) is 0 Å². The summed E-state index contributed by atoms with van der Waals surface area (Å²) in [6, 6.07) is 6.67. The molecule has 1 aliphatic heterocycles. The smallest absolute Gasteiger partial charge is 0.324 e. The Morgan fingerprint density at radius 3 is 2.78 bits per heavy atom. The zero-order chi connectivity index (χ0) is 16.8. The highest BCUT2D eigenvalue weighted by atomic mass is 16.5. The van der Waals surface area contributed by atoms with Crippen LogP contribution in [-0.4, -0.2) is 49.2 Å². The van der Waals surface area contributed by atoms with E-state index in [2.05, 4.69) is 5.32 Å². The third-order valence-electron chi connectivity index (χ3n) is 3.66. The van der Waals surface area contributed by atoms with Crippen molar-refractivity contribution in [3.05, 3.63) is 29.8 Å². The van der Waals surface area contributed by atoms with Gasteiger partial charge in [0.15, 0.2) is 0 Å². The van der Waals surface area contributed by atoms with Crippen molar-refractivity contribution < 1.29 is 19.1 Å². The Labute approximate surface area is 136 Å². The van der Waals surface area contributed by atoms with Crippen molar-refractivity contribution in [3.8, 4) is 5.75 Å². The summed E-state index contributed by atoms with van der Waals surface area (Å²) in [6.45, 7) is 4.83. The van der Waals surface area contributed by atoms with Gasteiger partial charge < -0.3 is 14.8 Å². The second kappa shape index (κ2) is 7.97. The highest BCUT2D eigenvalue weighted by Gasteiger charge is 2.37. The van der Waals surface area contributed by atoms with E-state index < -0.39 is 6.04 Å². The third-order valence-corrected chi connectivity index (χ3v) is 3.66. The molecule has 0 bridgehead atoms. The van der Waals surface area contributed by atoms with E-state index in [1.165, 1.54) is 4.90 Å². The Balaban J connectivity index is 1.89. The van der Waals surface area contributed by atoms with Crippen LogP contribution in [-0.2, 0) is 16.0 Å². The number of hydrogen-bond donors (Lipinski definition) is 1. The molecule has 23 heavy (non-hydrogen) atoms. The Hall–Kier alpha value is -2.08. The minimum atomic E-state index is -0.513. The second-order valence-corrected chi connectivity index (χ2v) is 5.82. The summed E-state index contributed by atoms with van der Waals surface area (Å²) in [6.07, 6.45) is 1.25. The van der Waals surface area contributed by atoms with Crippen LogP contribution in [0, 0.1) is 0 Å². The quantitative estimate of drug-likeness (QED) is 0.587. The normalized spacial score (nSPS) is 17.7. The molecule has 1 heterocycles. The largest absolute Gasteiger partial charge is 0.497 e. The van der Waals surface area contributed by atoms with Gasteiger partial charge in [0.25, 0.3) is 5.91 Å². The number of benzene rings is 1. The molecule has 1 aromatic rings. The van der Waals surface area contributed by atoms with Gasteiger partial charge in [-0.25, -0.2) is 4.79 Å². The first kappa shape index (κ1) is 17.3. The van der Waals surface area contributed by atoms with Gasteiger partial charge in [0.2, 0.25) is 0 Å². The number of carbonyl (C=O) groups excluding carboxylic acids is 2. The molecule has 1 aliphatic rings. The van der Waals surface area contributed by atoms with Crippen molar-refractivity contribution in [1.82, 2.24) is 10.2 Å². The topological polar surface area (TPSA) is 67.9 Å². The lowest BCUT2D eigenvalue weighted by Gasteiger charge is -2.14. The van der Waals surface area contributed by atoms with Gasteiger partial charge in [-0.05, 0) is 38.0 Å². The molecular formula is C17H24N2O4. The molecule has 1 aromatic carbocycles. The number of nitrogens with zero attached hydrogens (tertiary/aromatic N) is 1. The summed E-state index contributed by atoms with van der Waals surface area (Å²) in [4.78, 5) is 25.6. The standard InChI is InChI=1S/C17H24N2O4/c1-12(2)23-9-5-8-19-16(20)15(18-17(19)21)11-13-6-4-7-14(10-13)22-3/h4,6-7,10,12,15H,5,8-9,11H2,1-3H3,(H,18,21). The van der Waals surface area contributed by atoms with Crippen LogP contribution in [0.4, 0.5) is 4.79 Å². The van der Waals surface area contributed by atoms with E-state index in [0.29, 0.717) is 26.0 Å². The Morgan fingerprint density at radius 1 is 1.30 bits per heavy atom. The van der Waals surface area contributed by atoms with Gasteiger partial charge in [-0.2, -0.15) is 0 Å². The number of ether oxygens (including phenoxy) is 2. The molecule has 6 heteroatoms. The number of methoxy groups -OCH3 is 1. The average molecular weight is 320 g/mol. The van der Waals surface area contributed by atoms with Gasteiger partial charge in [0, 0.05) is 19.6 Å². The highest BCUT2D eigenvalue weighted by Crippen LogP contribution is 2.17. The van der Waals surface area contributed by atoms with E-state index in [0.717, 1.165) is 11.3 Å². The minimum Gasteiger partial charge on any atom is -0.497 e. The van der Waals surface area contributed by atoms with E-state index in [-0.39, 0.29) is 18.0 Å². The molecule has 1 atom stereocenters. The molecule has 0 aliphatic carbocycles. The van der Waals surface area contributed by atoms with Gasteiger partial charge in [0.1, 0.15) is 11.8 Å². The second-order valence-electron chi connectivity index (χ2n) is 5.82. The summed E-state index contributed by atoms with van der Waals surface area (Å²) in [5.74, 6) is 0.560. The van der Waals surface area contributed by atoms with Crippen LogP contribution in [0.2, 0.25) is 0 Å². The number of amides is 3. The van der Waals surface area contributed by atoms with Crippen LogP contribution >= 0.6 is 0 Å². The molecule has 0 spiro atoms. The number of urea groups is 1. The van der Waals surface area contributed by atoms with E-state index in [4.69, 9.17) is 9.47 Å². The molecule has 6 nitrogen and oxygen atoms in total. The first-order chi connectivity index (χ1) is 11.0. The predicted octanol–water partition coefficient (Wildman–Crippen LogP) is 1.97. The highest BCUT2D eigenvalue weighted by molar-refractivity contribution is 6.04. The number of rotatable bonds is 8. The molecule has 1 N–H and O–H groups in total. The molecule has 1 unspecified atom stereocenters. The molecule has 0 radical (unpaired) electrons. The SMILES string of the molecule is COc1cccc(CC2NC(=O)N(CCCOC(C)C)C2=O)c1. The lowest BCUT2D eigenvalue weighted by atomic mass is 10.1. The number of hydrogen-bond acceptors (Lipinski definition) is 4. The lowest BCUT2D eigenvalue weighted by Crippen LogP contribution is -2.33. The first-order valence-electron chi connectivity index (χ1n) is 7.87. The summed E-state index contributed by atoms with van der Waals surface area (Å²) >= 11 is 0. The van der Waals surface area contributed by atoms with E-state index in [1.54, 1.807) is 7.11 Å². The van der Waals surface area contributed by atoms with Crippen molar-refractivity contribution in [2.75, 3.05) is 20.3 Å². The number of carbonyl (C=O) groups is 2. The molecule has 0 aromatic heterocycles. The summed E-state index contributed by atoms with van der Waals surface area (Å²) in [5.41, 5.74) is 0.952. The van der Waals surface area contributed by atoms with Crippen molar-refractivity contribution in [3.63, 3.8) is 0 Å². The molecule has 126 valence electrons. The van der Waals surface area contributed by atoms with Crippen LogP contribution in [0.15, 0.2) is 24.3 Å². The van der Waals surface area contributed by atoms with E-state index >= 15 is 0 Å². The fourth-order valence-corrected chi connectivity index (χ4v) is 2.50. The van der Waals surface area contributed by atoms with Crippen LogP contribution in [0.1, 0.15) is 25.8 Å². The fraction of sp³-hybridized carbons (Fsp3) is 0.529. The Kier molecular flexibility index (Phi) is 5.98. The molecule has 1 saturated heterocycles. The number of imide groups is 1. The maximum absolute atomic E-state index is 12.4. The van der Waals surface area contributed by atoms with E-state index in [9.17, 15) is 9.59 Å². The molecule has 0 saturated carbocycles. The Morgan fingerprint density at radius 2 is 2.09 bits per heavy atom. The maximum Gasteiger partial charge on any atom is 0.324 e. The fourth-order valence-electron chi connectivity index (χ4n) is 2.50. The van der Waals surface area contributed by atoms with Crippen LogP contribution < -0.4 is 10.1 Å². The maximum atomic E-state index is 12.4. The van der Waals surface area contributed by atoms with Crippen molar-refractivity contribution >= 4 is 11.9 Å². The molecule has 2 rings (SSSR count). The molecule has 1 fully saturated rings. The predicted molar refractivity (Wildman–Crippen MR) is 86.4 cm³/mol. The molecular weight excluding hydrogens is 296 g/mol. The van der Waals surface area contributed by atoms with Crippen LogP contribution in [0.5, 0.6) is 5.75 Å². The zero-order valence-electron chi connectivity index (χ0n) is 13.9. The zero-order valence-corrected chi connectivity index (χ0v) is 13.9. The van der Waals surface area contributed by atoms with Crippen molar-refractivity contribution in [1.29, 1.82) is 0 Å². The minimum absolute atomic E-state index is 0.152. The monoisotopic (exact) mass is 320 g/mol. The summed E-state index contributed by atoms with van der Waals surface area (Å²) in [7, 11) is 1.60. The van der Waals surface area contributed by atoms with Crippen molar-refractivity contribution in [2.24, 2.45) is 0 Å². The third kappa shape index (κ3) is 4.69. The van der Waals surface area contributed by atoms with Gasteiger partial charge in [-0.15, -0.1) is 0 Å². The lowest BCUT2D eigenvalue weighted by molar-refractivity contribution is -0.127. The van der Waals surface area contributed by atoms with Gasteiger partial charge in [-0.3, -0.25) is 9.69 Å². The summed E-state index contributed by atoms with van der Waals surface area (Å²) < 4.78 is 10.6. The van der Waals surface area contributed by atoms with Crippen molar-refractivity contribution in [2.45, 2.75) is 38.8 Å². The number of nitrogens with one attached hydrogen (secondary N) is 1. The van der Waals surface area contributed by atoms with E-state index in [1.807, 2.05) is 38.1 Å². The molecule has 3 amide bonds. The Bertz CT molecular complexity index is 559. The van der Waals surface area contributed by atoms with Crippen LogP contribution in [0.25, 0.3) is 0 Å². The van der Waals surface area contributed by atoms with Gasteiger partial charge >= 0.3 is 6.03 Å². The first-order valence-corrected chi connectivity index (χ1v) is 7.87. The van der Waals surface area contributed by atoms with Gasteiger partial charge in [-0.1, -0.05) is 12.1 Å². The van der Waals surface area contributed by atoms with Gasteiger partial charge in [0.05, 0.1) is 13.2 Å². The summed E-state index contributed by atoms with van der Waals surface area (Å²) in [5, 5.41) is 2.75. The average Bonchev–Trinajstić information content (AvgIpc) is 2.78.